The minimum absolute atomic E-state index is 0.247. The highest BCUT2D eigenvalue weighted by Gasteiger charge is 2.73. The first-order valence-corrected chi connectivity index (χ1v) is 12.6. The number of rotatable bonds is 5. The van der Waals surface area contributed by atoms with Gasteiger partial charge in [0.1, 0.15) is 5.75 Å². The molecule has 8 heteroatoms. The zero-order valence-corrected chi connectivity index (χ0v) is 21.0. The van der Waals surface area contributed by atoms with Crippen LogP contribution < -0.4 is 9.64 Å². The van der Waals surface area contributed by atoms with Crippen molar-refractivity contribution in [1.29, 1.82) is 5.26 Å². The summed E-state index contributed by atoms with van der Waals surface area (Å²) in [6.07, 6.45) is 1.79. The van der Waals surface area contributed by atoms with E-state index >= 15 is 0 Å². The van der Waals surface area contributed by atoms with Gasteiger partial charge < -0.3 is 9.47 Å². The number of nitriles is 1. The molecule has 0 spiro atoms. The van der Waals surface area contributed by atoms with Crippen LogP contribution in [0.4, 0.5) is 5.69 Å². The number of carbonyl (C=O) groups excluding carboxylic acids is 2. The molecule has 0 aliphatic carbocycles. The van der Waals surface area contributed by atoms with Gasteiger partial charge in [0, 0.05) is 28.3 Å². The van der Waals surface area contributed by atoms with Crippen molar-refractivity contribution >= 4 is 51.5 Å². The van der Waals surface area contributed by atoms with Crippen molar-refractivity contribution in [1.82, 2.24) is 0 Å². The molecule has 3 aliphatic rings. The van der Waals surface area contributed by atoms with Crippen molar-refractivity contribution in [3.05, 3.63) is 70.2 Å². The Labute approximate surface area is 218 Å². The SMILES string of the molecule is C[C@@]12CC[C@@](CCOc3cc(Cl)ccc3Cl)(O1)[C@H]1C(=O)N(c3ccc(C#N)c4ccccc34)C(=O)[C@H]12. The van der Waals surface area contributed by atoms with Gasteiger partial charge in [-0.3, -0.25) is 9.59 Å². The first-order valence-electron chi connectivity index (χ1n) is 11.9. The second kappa shape index (κ2) is 8.21. The Morgan fingerprint density at radius 3 is 2.58 bits per heavy atom. The maximum Gasteiger partial charge on any atom is 0.240 e. The van der Waals surface area contributed by atoms with Crippen LogP contribution in [0.3, 0.4) is 0 Å². The van der Waals surface area contributed by atoms with Gasteiger partial charge in [-0.25, -0.2) is 4.90 Å². The first-order chi connectivity index (χ1) is 17.3. The van der Waals surface area contributed by atoms with Crippen LogP contribution in [0.1, 0.15) is 31.7 Å². The molecule has 4 atom stereocenters. The van der Waals surface area contributed by atoms with Gasteiger partial charge in [-0.1, -0.05) is 47.5 Å². The third-order valence-electron chi connectivity index (χ3n) is 7.95. The fourth-order valence-corrected chi connectivity index (χ4v) is 6.68. The Bertz CT molecular complexity index is 1480. The molecule has 182 valence electrons. The largest absolute Gasteiger partial charge is 0.492 e. The maximum atomic E-state index is 13.9. The molecule has 2 amide bonds. The molecule has 6 rings (SSSR count). The van der Waals surface area contributed by atoms with E-state index in [0.29, 0.717) is 57.1 Å². The van der Waals surface area contributed by atoms with Crippen molar-refractivity contribution in [2.75, 3.05) is 11.5 Å². The topological polar surface area (TPSA) is 79.6 Å². The zero-order valence-electron chi connectivity index (χ0n) is 19.5. The van der Waals surface area contributed by atoms with E-state index in [4.69, 9.17) is 32.7 Å². The van der Waals surface area contributed by atoms with Gasteiger partial charge in [0.15, 0.2) is 0 Å². The summed E-state index contributed by atoms with van der Waals surface area (Å²) >= 11 is 12.3. The molecule has 0 aromatic heterocycles. The van der Waals surface area contributed by atoms with Crippen molar-refractivity contribution in [3.8, 4) is 11.8 Å². The number of hydrogen-bond acceptors (Lipinski definition) is 5. The Hall–Kier alpha value is -3.11. The molecule has 0 saturated carbocycles. The summed E-state index contributed by atoms with van der Waals surface area (Å²) in [5, 5.41) is 11.9. The fraction of sp³-hybridized carbons (Fsp3) is 0.321. The summed E-state index contributed by atoms with van der Waals surface area (Å²) in [7, 11) is 0. The quantitative estimate of drug-likeness (QED) is 0.390. The normalized spacial score (nSPS) is 28.6. The van der Waals surface area contributed by atoms with Crippen LogP contribution in [-0.2, 0) is 14.3 Å². The van der Waals surface area contributed by atoms with E-state index in [1.54, 1.807) is 30.3 Å². The van der Waals surface area contributed by atoms with Crippen LogP contribution >= 0.6 is 23.2 Å². The van der Waals surface area contributed by atoms with Gasteiger partial charge in [-0.2, -0.15) is 5.26 Å². The van der Waals surface area contributed by atoms with Crippen LogP contribution in [0.25, 0.3) is 10.8 Å². The molecule has 2 bridgehead atoms. The number of carbonyl (C=O) groups is 2. The second-order valence-corrected chi connectivity index (χ2v) is 10.8. The molecule has 36 heavy (non-hydrogen) atoms. The Morgan fingerprint density at radius 1 is 1.06 bits per heavy atom. The molecule has 0 N–H and O–H groups in total. The van der Waals surface area contributed by atoms with Crippen molar-refractivity contribution in [2.24, 2.45) is 11.8 Å². The summed E-state index contributed by atoms with van der Waals surface area (Å²) in [6, 6.07) is 17.9. The highest BCUT2D eigenvalue weighted by Crippen LogP contribution is 2.62. The van der Waals surface area contributed by atoms with Crippen LogP contribution in [0.5, 0.6) is 5.75 Å². The highest BCUT2D eigenvalue weighted by molar-refractivity contribution is 6.34. The van der Waals surface area contributed by atoms with E-state index < -0.39 is 23.0 Å². The molecule has 3 fully saturated rings. The Balaban J connectivity index is 1.33. The van der Waals surface area contributed by atoms with E-state index in [1.807, 2.05) is 31.2 Å². The van der Waals surface area contributed by atoms with Crippen LogP contribution in [0.2, 0.25) is 10.0 Å². The highest BCUT2D eigenvalue weighted by atomic mass is 35.5. The molecule has 3 aliphatic heterocycles. The fourth-order valence-electron chi connectivity index (χ4n) is 6.34. The number of nitrogens with zero attached hydrogens (tertiary/aromatic N) is 2. The number of halogens is 2. The third kappa shape index (κ3) is 3.27. The lowest BCUT2D eigenvalue weighted by Crippen LogP contribution is -2.43. The first kappa shape index (κ1) is 23.3. The van der Waals surface area contributed by atoms with Gasteiger partial charge in [0.05, 0.1) is 52.0 Å². The standard InChI is InChI=1S/C28H22Cl2N2O4/c1-27-10-11-28(36-27,12-13-35-22-14-17(29)7-8-20(22)30)24-23(27)25(33)32(26(24)34)21-9-6-16(15-31)18-4-2-3-5-19(18)21/h2-9,14,23-24H,10-13H2,1H3/t23-,24+,27-,28-/m0/s1. The average Bonchev–Trinajstić information content (AvgIpc) is 3.45. The number of benzene rings is 3. The van der Waals surface area contributed by atoms with E-state index in [2.05, 4.69) is 6.07 Å². The third-order valence-corrected chi connectivity index (χ3v) is 8.50. The minimum Gasteiger partial charge on any atom is -0.492 e. The van der Waals surface area contributed by atoms with Gasteiger partial charge in [-0.15, -0.1) is 0 Å². The summed E-state index contributed by atoms with van der Waals surface area (Å²) < 4.78 is 12.4. The summed E-state index contributed by atoms with van der Waals surface area (Å²) in [5.41, 5.74) is -0.511. The zero-order chi connectivity index (χ0) is 25.2. The van der Waals surface area contributed by atoms with E-state index in [9.17, 15) is 14.9 Å². The summed E-state index contributed by atoms with van der Waals surface area (Å²) in [6.45, 7) is 2.19. The lowest BCUT2D eigenvalue weighted by atomic mass is 9.67. The predicted octanol–water partition coefficient (Wildman–Crippen LogP) is 5.91. The number of imide groups is 1. The van der Waals surface area contributed by atoms with Crippen LogP contribution in [0.15, 0.2) is 54.6 Å². The van der Waals surface area contributed by atoms with Crippen molar-refractivity contribution in [2.45, 2.75) is 37.4 Å². The van der Waals surface area contributed by atoms with Crippen molar-refractivity contribution in [3.63, 3.8) is 0 Å². The smallest absolute Gasteiger partial charge is 0.240 e. The van der Waals surface area contributed by atoms with Crippen LogP contribution in [0, 0.1) is 23.2 Å². The van der Waals surface area contributed by atoms with Gasteiger partial charge in [0.25, 0.3) is 0 Å². The molecular weight excluding hydrogens is 499 g/mol. The Kier molecular flexibility index (Phi) is 5.31. The van der Waals surface area contributed by atoms with E-state index in [0.717, 1.165) is 0 Å². The number of fused-ring (bicyclic) bond motifs is 6. The summed E-state index contributed by atoms with van der Waals surface area (Å²) in [5.74, 6) is -1.21. The number of anilines is 1. The summed E-state index contributed by atoms with van der Waals surface area (Å²) in [4.78, 5) is 29.1. The predicted molar refractivity (Wildman–Crippen MR) is 136 cm³/mol. The number of ether oxygens (including phenoxy) is 2. The molecule has 6 nitrogen and oxygen atoms in total. The average molecular weight is 521 g/mol. The maximum absolute atomic E-state index is 13.9. The number of hydrogen-bond donors (Lipinski definition) is 0. The molecular formula is C28H22Cl2N2O4. The lowest BCUT2D eigenvalue weighted by Gasteiger charge is -2.31. The molecule has 3 heterocycles. The monoisotopic (exact) mass is 520 g/mol. The minimum atomic E-state index is -0.797. The Morgan fingerprint density at radius 2 is 1.81 bits per heavy atom. The molecule has 3 saturated heterocycles. The van der Waals surface area contributed by atoms with Crippen molar-refractivity contribution < 1.29 is 19.1 Å². The molecule has 0 unspecified atom stereocenters. The molecule has 3 aromatic rings. The lowest BCUT2D eigenvalue weighted by molar-refractivity contribution is -0.131. The van der Waals surface area contributed by atoms with E-state index in [-0.39, 0.29) is 18.4 Å². The van der Waals surface area contributed by atoms with Gasteiger partial charge in [-0.05, 0) is 44.0 Å². The molecule has 0 radical (unpaired) electrons. The van der Waals surface area contributed by atoms with E-state index in [1.165, 1.54) is 4.90 Å². The second-order valence-electron chi connectivity index (χ2n) is 9.91. The van der Waals surface area contributed by atoms with Gasteiger partial charge >= 0.3 is 0 Å². The van der Waals surface area contributed by atoms with Crippen LogP contribution in [-0.4, -0.2) is 29.6 Å². The molecule has 3 aromatic carbocycles. The van der Waals surface area contributed by atoms with Gasteiger partial charge in [0.2, 0.25) is 11.8 Å². The number of amides is 2.